The van der Waals surface area contributed by atoms with Gasteiger partial charge in [0.2, 0.25) is 0 Å². The van der Waals surface area contributed by atoms with Crippen molar-refractivity contribution >= 4 is 24.8 Å². The normalized spacial score (nSPS) is 21.2. The van der Waals surface area contributed by atoms with Crippen LogP contribution in [-0.4, -0.2) is 15.8 Å². The molecule has 0 amide bonds. The first kappa shape index (κ1) is 14.0. The number of rotatable bonds is 2. The van der Waals surface area contributed by atoms with Crippen molar-refractivity contribution in [2.75, 3.05) is 0 Å². The van der Waals surface area contributed by atoms with Gasteiger partial charge in [-0.15, -0.1) is 24.8 Å². The van der Waals surface area contributed by atoms with Crippen LogP contribution in [0.3, 0.4) is 0 Å². The fourth-order valence-corrected chi connectivity index (χ4v) is 1.85. The Balaban J connectivity index is 0.000000722. The molecule has 0 spiro atoms. The molecule has 1 aromatic carbocycles. The minimum Gasteiger partial charge on any atom is -0.327 e. The Bertz CT molecular complexity index is 470. The third-order valence-corrected chi connectivity index (χ3v) is 2.89. The summed E-state index contributed by atoms with van der Waals surface area (Å²) >= 11 is 0. The van der Waals surface area contributed by atoms with Crippen molar-refractivity contribution in [1.29, 1.82) is 0 Å². The van der Waals surface area contributed by atoms with Crippen molar-refractivity contribution in [2.45, 2.75) is 18.4 Å². The van der Waals surface area contributed by atoms with Crippen LogP contribution in [0, 0.1) is 0 Å². The molecule has 0 saturated heterocycles. The average molecular weight is 272 g/mol. The Morgan fingerprint density at radius 2 is 1.82 bits per heavy atom. The molecule has 5 heteroatoms. The maximum Gasteiger partial charge on any atom is 0.0645 e. The lowest BCUT2D eigenvalue weighted by Crippen LogP contribution is -2.00. The van der Waals surface area contributed by atoms with Crippen molar-refractivity contribution in [2.24, 2.45) is 5.73 Å². The fourth-order valence-electron chi connectivity index (χ4n) is 1.85. The quantitative estimate of drug-likeness (QED) is 0.913. The molecule has 0 aliphatic heterocycles. The van der Waals surface area contributed by atoms with Crippen LogP contribution < -0.4 is 5.73 Å². The van der Waals surface area contributed by atoms with E-state index >= 15 is 0 Å². The van der Waals surface area contributed by atoms with Gasteiger partial charge in [-0.3, -0.25) is 0 Å². The minimum absolute atomic E-state index is 0. The number of nitrogens with zero attached hydrogens (tertiary/aromatic N) is 2. The van der Waals surface area contributed by atoms with Crippen LogP contribution in [0.5, 0.6) is 0 Å². The van der Waals surface area contributed by atoms with E-state index in [4.69, 9.17) is 5.73 Å². The number of halogens is 2. The first-order valence-electron chi connectivity index (χ1n) is 5.20. The van der Waals surface area contributed by atoms with E-state index in [-0.39, 0.29) is 24.8 Å². The van der Waals surface area contributed by atoms with E-state index in [0.717, 1.165) is 12.1 Å². The van der Waals surface area contributed by atoms with E-state index in [2.05, 4.69) is 11.3 Å². The molecule has 2 N–H and O–H groups in total. The predicted molar refractivity (Wildman–Crippen MR) is 73.4 cm³/mol. The van der Waals surface area contributed by atoms with E-state index in [9.17, 15) is 0 Å². The van der Waals surface area contributed by atoms with Crippen molar-refractivity contribution < 1.29 is 0 Å². The largest absolute Gasteiger partial charge is 0.327 e. The summed E-state index contributed by atoms with van der Waals surface area (Å²) in [5.74, 6) is 0.530. The minimum atomic E-state index is 0. The zero-order chi connectivity index (χ0) is 10.3. The molecule has 1 saturated carbocycles. The van der Waals surface area contributed by atoms with Crippen LogP contribution in [0.1, 0.15) is 17.9 Å². The van der Waals surface area contributed by atoms with Gasteiger partial charge in [-0.2, -0.15) is 5.10 Å². The van der Waals surface area contributed by atoms with Crippen LogP contribution >= 0.6 is 24.8 Å². The molecule has 92 valence electrons. The molecule has 1 aliphatic carbocycles. The molecule has 0 radical (unpaired) electrons. The SMILES string of the molecule is Cl.Cl.N[C@@H]1C[C@H]1c1cnn(-c2ccccc2)c1. The summed E-state index contributed by atoms with van der Waals surface area (Å²) in [5, 5.41) is 4.34. The molecule has 1 aromatic heterocycles. The maximum absolute atomic E-state index is 5.81. The zero-order valence-corrected chi connectivity index (χ0v) is 10.8. The Morgan fingerprint density at radius 1 is 1.18 bits per heavy atom. The summed E-state index contributed by atoms with van der Waals surface area (Å²) in [6.45, 7) is 0. The van der Waals surface area contributed by atoms with E-state index < -0.39 is 0 Å². The number of nitrogens with two attached hydrogens (primary N) is 1. The van der Waals surface area contributed by atoms with Crippen molar-refractivity contribution in [3.05, 3.63) is 48.3 Å². The highest BCUT2D eigenvalue weighted by Gasteiger charge is 2.35. The van der Waals surface area contributed by atoms with E-state index in [1.165, 1.54) is 5.56 Å². The van der Waals surface area contributed by atoms with Gasteiger partial charge in [0.25, 0.3) is 0 Å². The summed E-state index contributed by atoms with van der Waals surface area (Å²) < 4.78 is 1.90. The van der Waals surface area contributed by atoms with Gasteiger partial charge >= 0.3 is 0 Å². The van der Waals surface area contributed by atoms with E-state index in [1.807, 2.05) is 41.2 Å². The topological polar surface area (TPSA) is 43.8 Å². The molecule has 1 fully saturated rings. The van der Waals surface area contributed by atoms with Crippen molar-refractivity contribution in [3.8, 4) is 5.69 Å². The zero-order valence-electron chi connectivity index (χ0n) is 9.19. The summed E-state index contributed by atoms with van der Waals surface area (Å²) in [6, 6.07) is 10.5. The summed E-state index contributed by atoms with van der Waals surface area (Å²) in [6.07, 6.45) is 5.10. The average Bonchev–Trinajstić information content (AvgIpc) is 2.83. The number of hydrogen-bond donors (Lipinski definition) is 1. The lowest BCUT2D eigenvalue weighted by atomic mass is 10.2. The summed E-state index contributed by atoms with van der Waals surface area (Å²) in [5.41, 5.74) is 8.16. The Hall–Kier alpha value is -1.03. The van der Waals surface area contributed by atoms with Crippen LogP contribution in [0.4, 0.5) is 0 Å². The first-order chi connectivity index (χ1) is 7.34. The van der Waals surface area contributed by atoms with Gasteiger partial charge in [0.05, 0.1) is 11.9 Å². The van der Waals surface area contributed by atoms with Gasteiger partial charge < -0.3 is 5.73 Å². The van der Waals surface area contributed by atoms with E-state index in [1.54, 1.807) is 0 Å². The van der Waals surface area contributed by atoms with Crippen molar-refractivity contribution in [3.63, 3.8) is 0 Å². The molecule has 1 aliphatic rings. The second kappa shape index (κ2) is 5.54. The molecule has 2 atom stereocenters. The van der Waals surface area contributed by atoms with Gasteiger partial charge in [-0.05, 0) is 24.1 Å². The third-order valence-electron chi connectivity index (χ3n) is 2.89. The Labute approximate surface area is 113 Å². The molecule has 2 aromatic rings. The highest BCUT2D eigenvalue weighted by Crippen LogP contribution is 2.38. The van der Waals surface area contributed by atoms with Gasteiger partial charge in [0, 0.05) is 18.2 Å². The summed E-state index contributed by atoms with van der Waals surface area (Å²) in [7, 11) is 0. The highest BCUT2D eigenvalue weighted by atomic mass is 35.5. The fraction of sp³-hybridized carbons (Fsp3) is 0.250. The first-order valence-corrected chi connectivity index (χ1v) is 5.20. The van der Waals surface area contributed by atoms with Gasteiger partial charge in [-0.1, -0.05) is 18.2 Å². The maximum atomic E-state index is 5.81. The molecular formula is C12H15Cl2N3. The van der Waals surface area contributed by atoms with Crippen LogP contribution in [0.25, 0.3) is 5.69 Å². The smallest absolute Gasteiger partial charge is 0.0645 e. The number of hydrogen-bond acceptors (Lipinski definition) is 2. The standard InChI is InChI=1S/C12H13N3.2ClH/c13-12-6-11(12)9-7-14-15(8-9)10-4-2-1-3-5-10;;/h1-5,7-8,11-12H,6,13H2;2*1H/t11-,12+;;/m0../s1. The Morgan fingerprint density at radius 3 is 2.41 bits per heavy atom. The molecule has 17 heavy (non-hydrogen) atoms. The number of para-hydroxylation sites is 1. The molecule has 1 heterocycles. The van der Waals surface area contributed by atoms with Gasteiger partial charge in [0.1, 0.15) is 0 Å². The molecule has 3 rings (SSSR count). The number of benzene rings is 1. The second-order valence-electron chi connectivity index (χ2n) is 4.06. The monoisotopic (exact) mass is 271 g/mol. The van der Waals surface area contributed by atoms with Gasteiger partial charge in [-0.25, -0.2) is 4.68 Å². The molecule has 3 nitrogen and oxygen atoms in total. The van der Waals surface area contributed by atoms with Crippen molar-refractivity contribution in [1.82, 2.24) is 9.78 Å². The van der Waals surface area contributed by atoms with Crippen LogP contribution in [0.15, 0.2) is 42.7 Å². The predicted octanol–water partition coefficient (Wildman–Crippen LogP) is 2.53. The number of aromatic nitrogens is 2. The van der Waals surface area contributed by atoms with E-state index in [0.29, 0.717) is 12.0 Å². The Kier molecular flexibility index (Phi) is 4.57. The van der Waals surface area contributed by atoms with Gasteiger partial charge in [0.15, 0.2) is 0 Å². The molecule has 0 unspecified atom stereocenters. The summed E-state index contributed by atoms with van der Waals surface area (Å²) in [4.78, 5) is 0. The lowest BCUT2D eigenvalue weighted by molar-refractivity contribution is 0.879. The van der Waals surface area contributed by atoms with Crippen LogP contribution in [0.2, 0.25) is 0 Å². The highest BCUT2D eigenvalue weighted by molar-refractivity contribution is 5.85. The lowest BCUT2D eigenvalue weighted by Gasteiger charge is -1.98. The third kappa shape index (κ3) is 2.80. The molecule has 0 bridgehead atoms. The molecular weight excluding hydrogens is 257 g/mol. The van der Waals surface area contributed by atoms with Crippen LogP contribution in [-0.2, 0) is 0 Å². The second-order valence-corrected chi connectivity index (χ2v) is 4.06.